The Bertz CT molecular complexity index is 1030. The van der Waals surface area contributed by atoms with E-state index in [2.05, 4.69) is 37.5 Å². The molecular formula is C27H35N3O3. The van der Waals surface area contributed by atoms with Crippen LogP contribution in [0, 0.1) is 6.92 Å². The Balaban J connectivity index is 1.95. The van der Waals surface area contributed by atoms with E-state index in [1.165, 1.54) is 0 Å². The van der Waals surface area contributed by atoms with E-state index in [4.69, 9.17) is 14.6 Å². The third kappa shape index (κ3) is 6.78. The molecule has 0 radical (unpaired) electrons. The maximum atomic E-state index is 10.5. The van der Waals surface area contributed by atoms with Gasteiger partial charge in [-0.2, -0.15) is 5.10 Å². The molecule has 0 fully saturated rings. The highest BCUT2D eigenvalue weighted by molar-refractivity contribution is 5.65. The molecule has 3 rings (SSSR count). The van der Waals surface area contributed by atoms with Crippen LogP contribution in [0.2, 0.25) is 0 Å². The third-order valence-corrected chi connectivity index (χ3v) is 5.42. The molecule has 0 aliphatic carbocycles. The van der Waals surface area contributed by atoms with E-state index < -0.39 is 6.10 Å². The van der Waals surface area contributed by atoms with Crippen molar-refractivity contribution in [1.82, 2.24) is 14.7 Å². The van der Waals surface area contributed by atoms with Crippen molar-refractivity contribution in [2.24, 2.45) is 7.05 Å². The molecule has 33 heavy (non-hydrogen) atoms. The first-order chi connectivity index (χ1) is 15.9. The lowest BCUT2D eigenvalue weighted by Gasteiger charge is -2.29. The van der Waals surface area contributed by atoms with Gasteiger partial charge in [-0.25, -0.2) is 4.68 Å². The van der Waals surface area contributed by atoms with Crippen molar-refractivity contribution in [3.8, 4) is 22.9 Å². The molecule has 1 N–H and O–H groups in total. The van der Waals surface area contributed by atoms with Crippen molar-refractivity contribution >= 4 is 0 Å². The summed E-state index contributed by atoms with van der Waals surface area (Å²) in [6.07, 6.45) is 1.08. The third-order valence-electron chi connectivity index (χ3n) is 5.42. The molecule has 1 aromatic heterocycles. The molecule has 0 bridgehead atoms. The zero-order valence-corrected chi connectivity index (χ0v) is 20.1. The molecule has 0 unspecified atom stereocenters. The molecule has 0 saturated heterocycles. The Morgan fingerprint density at radius 1 is 1.15 bits per heavy atom. The minimum absolute atomic E-state index is 0.203. The van der Waals surface area contributed by atoms with Gasteiger partial charge in [0.15, 0.2) is 0 Å². The summed E-state index contributed by atoms with van der Waals surface area (Å²) < 4.78 is 13.6. The van der Waals surface area contributed by atoms with Crippen LogP contribution in [0.1, 0.15) is 25.0 Å². The zero-order chi connectivity index (χ0) is 23.8. The highest BCUT2D eigenvalue weighted by atomic mass is 16.5. The summed E-state index contributed by atoms with van der Waals surface area (Å²) in [4.78, 5) is 2.22. The highest BCUT2D eigenvalue weighted by Gasteiger charge is 2.24. The number of aliphatic hydroxyl groups excluding tert-OH is 1. The molecule has 1 atom stereocenters. The SMILES string of the molecule is C=CCOC[C@@H](O)CN(Cc1c(-c2ccccc2)nn(C)c1Oc1cccc(C)c1)C(C)C. The standard InChI is InChI=1S/C27H35N3O3/c1-6-15-32-19-23(31)17-30(20(2)3)18-25-26(22-12-8-7-9-13-22)28-29(5)27(25)33-24-14-10-11-21(4)16-24/h6-14,16,20,23,31H,1,15,17-19H2,2-5H3/t23-/m0/s1. The molecular weight excluding hydrogens is 414 g/mol. The van der Waals surface area contributed by atoms with E-state index in [1.807, 2.05) is 56.4 Å². The Labute approximate surface area is 197 Å². The summed E-state index contributed by atoms with van der Waals surface area (Å²) in [5.74, 6) is 1.47. The lowest BCUT2D eigenvalue weighted by Crippen LogP contribution is -2.39. The van der Waals surface area contributed by atoms with Gasteiger partial charge in [-0.1, -0.05) is 48.5 Å². The fourth-order valence-corrected chi connectivity index (χ4v) is 3.71. The lowest BCUT2D eigenvalue weighted by atomic mass is 10.1. The van der Waals surface area contributed by atoms with E-state index in [0.717, 1.165) is 28.1 Å². The summed E-state index contributed by atoms with van der Waals surface area (Å²) in [6, 6.07) is 18.3. The van der Waals surface area contributed by atoms with E-state index in [9.17, 15) is 5.11 Å². The minimum atomic E-state index is -0.606. The van der Waals surface area contributed by atoms with Gasteiger partial charge in [0, 0.05) is 31.7 Å². The van der Waals surface area contributed by atoms with Crippen LogP contribution in [-0.2, 0) is 18.3 Å². The molecule has 176 valence electrons. The lowest BCUT2D eigenvalue weighted by molar-refractivity contribution is 0.0177. The van der Waals surface area contributed by atoms with Crippen molar-refractivity contribution in [3.05, 3.63) is 78.4 Å². The number of aryl methyl sites for hydroxylation is 2. The van der Waals surface area contributed by atoms with Gasteiger partial charge in [0.25, 0.3) is 0 Å². The number of rotatable bonds is 12. The fourth-order valence-electron chi connectivity index (χ4n) is 3.71. The summed E-state index contributed by atoms with van der Waals surface area (Å²) in [5, 5.41) is 15.4. The van der Waals surface area contributed by atoms with Gasteiger partial charge in [-0.05, 0) is 38.5 Å². The smallest absolute Gasteiger partial charge is 0.222 e. The van der Waals surface area contributed by atoms with Crippen LogP contribution in [0.3, 0.4) is 0 Å². The van der Waals surface area contributed by atoms with Gasteiger partial charge in [0.05, 0.1) is 24.9 Å². The molecule has 3 aromatic rings. The van der Waals surface area contributed by atoms with Crippen molar-refractivity contribution in [2.75, 3.05) is 19.8 Å². The monoisotopic (exact) mass is 449 g/mol. The summed E-state index contributed by atoms with van der Waals surface area (Å²) in [5.41, 5.74) is 4.02. The second kappa shape index (κ2) is 11.8. The molecule has 6 heteroatoms. The maximum absolute atomic E-state index is 10.5. The fraction of sp³-hybridized carbons (Fsp3) is 0.370. The average Bonchev–Trinajstić information content (AvgIpc) is 3.09. The van der Waals surface area contributed by atoms with Gasteiger partial charge in [0.1, 0.15) is 11.4 Å². The number of aliphatic hydroxyl groups is 1. The van der Waals surface area contributed by atoms with Crippen LogP contribution < -0.4 is 4.74 Å². The predicted octanol–water partition coefficient (Wildman–Crippen LogP) is 4.96. The first-order valence-corrected chi connectivity index (χ1v) is 11.4. The summed E-state index contributed by atoms with van der Waals surface area (Å²) >= 11 is 0. The number of nitrogens with zero attached hydrogens (tertiary/aromatic N) is 3. The number of hydrogen-bond acceptors (Lipinski definition) is 5. The minimum Gasteiger partial charge on any atom is -0.439 e. The molecule has 0 aliphatic rings. The zero-order valence-electron chi connectivity index (χ0n) is 20.1. The first kappa shape index (κ1) is 24.7. The van der Waals surface area contributed by atoms with E-state index in [-0.39, 0.29) is 12.6 Å². The predicted molar refractivity (Wildman–Crippen MR) is 132 cm³/mol. The maximum Gasteiger partial charge on any atom is 0.222 e. The van der Waals surface area contributed by atoms with E-state index in [1.54, 1.807) is 10.8 Å². The molecule has 2 aromatic carbocycles. The number of benzene rings is 2. The summed E-state index contributed by atoms with van der Waals surface area (Å²) in [7, 11) is 1.90. The van der Waals surface area contributed by atoms with Crippen LogP contribution in [0.4, 0.5) is 0 Å². The van der Waals surface area contributed by atoms with Crippen molar-refractivity contribution < 1.29 is 14.6 Å². The van der Waals surface area contributed by atoms with Crippen molar-refractivity contribution in [3.63, 3.8) is 0 Å². The van der Waals surface area contributed by atoms with Crippen molar-refractivity contribution in [2.45, 2.75) is 39.5 Å². The van der Waals surface area contributed by atoms with Gasteiger partial charge >= 0.3 is 0 Å². The highest BCUT2D eigenvalue weighted by Crippen LogP contribution is 2.34. The van der Waals surface area contributed by atoms with Crippen LogP contribution in [0.5, 0.6) is 11.6 Å². The molecule has 0 saturated carbocycles. The quantitative estimate of drug-likeness (QED) is 0.313. The molecule has 0 amide bonds. The number of hydrogen-bond donors (Lipinski definition) is 1. The van der Waals surface area contributed by atoms with E-state index >= 15 is 0 Å². The molecule has 6 nitrogen and oxygen atoms in total. The number of ether oxygens (including phenoxy) is 2. The second-order valence-electron chi connectivity index (χ2n) is 8.54. The van der Waals surface area contributed by atoms with Gasteiger partial charge in [0.2, 0.25) is 5.88 Å². The Morgan fingerprint density at radius 2 is 1.91 bits per heavy atom. The summed E-state index contributed by atoms with van der Waals surface area (Å²) in [6.45, 7) is 11.7. The van der Waals surface area contributed by atoms with Crippen molar-refractivity contribution in [1.29, 1.82) is 0 Å². The largest absolute Gasteiger partial charge is 0.439 e. The van der Waals surface area contributed by atoms with Crippen LogP contribution >= 0.6 is 0 Å². The second-order valence-corrected chi connectivity index (χ2v) is 8.54. The van der Waals surface area contributed by atoms with Gasteiger partial charge in [-0.3, -0.25) is 4.90 Å². The molecule has 0 aliphatic heterocycles. The topological polar surface area (TPSA) is 59.8 Å². The Morgan fingerprint density at radius 3 is 2.58 bits per heavy atom. The van der Waals surface area contributed by atoms with Gasteiger partial charge < -0.3 is 14.6 Å². The van der Waals surface area contributed by atoms with Crippen LogP contribution in [0.15, 0.2) is 67.3 Å². The normalized spacial score (nSPS) is 12.3. The van der Waals surface area contributed by atoms with Gasteiger partial charge in [-0.15, -0.1) is 6.58 Å². The Kier molecular flexibility index (Phi) is 8.83. The molecule has 0 spiro atoms. The Hall–Kier alpha value is -2.93. The number of aromatic nitrogens is 2. The van der Waals surface area contributed by atoms with E-state index in [0.29, 0.717) is 25.6 Å². The average molecular weight is 450 g/mol. The first-order valence-electron chi connectivity index (χ1n) is 11.4. The van der Waals surface area contributed by atoms with Crippen LogP contribution in [0.25, 0.3) is 11.3 Å². The molecule has 1 heterocycles. The van der Waals surface area contributed by atoms with Crippen LogP contribution in [-0.4, -0.2) is 51.7 Å².